The number of hydrogen-bond donors (Lipinski definition) is 2. The van der Waals surface area contributed by atoms with Gasteiger partial charge in [-0.25, -0.2) is 9.98 Å². The van der Waals surface area contributed by atoms with Gasteiger partial charge < -0.3 is 10.6 Å². The Labute approximate surface area is 168 Å². The first-order chi connectivity index (χ1) is 13.5. The summed E-state index contributed by atoms with van der Waals surface area (Å²) >= 11 is 0. The van der Waals surface area contributed by atoms with Gasteiger partial charge in [0.2, 0.25) is 0 Å². The Hall–Kier alpha value is -2.37. The van der Waals surface area contributed by atoms with Crippen LogP contribution in [0.4, 0.5) is 0 Å². The second kappa shape index (κ2) is 9.22. The maximum Gasteiger partial charge on any atom is 0.191 e. The van der Waals surface area contributed by atoms with E-state index in [0.29, 0.717) is 12.5 Å². The summed E-state index contributed by atoms with van der Waals surface area (Å²) in [5.41, 5.74) is 3.05. The molecular weight excluding hydrogens is 348 g/mol. The van der Waals surface area contributed by atoms with Gasteiger partial charge in [0.1, 0.15) is 18.7 Å². The fourth-order valence-electron chi connectivity index (χ4n) is 4.05. The van der Waals surface area contributed by atoms with Crippen LogP contribution in [-0.4, -0.2) is 33.8 Å². The molecule has 3 rings (SSSR count). The largest absolute Gasteiger partial charge is 0.357 e. The molecule has 0 bridgehead atoms. The van der Waals surface area contributed by atoms with Crippen molar-refractivity contribution in [1.82, 2.24) is 25.4 Å². The monoisotopic (exact) mass is 382 g/mol. The summed E-state index contributed by atoms with van der Waals surface area (Å²) in [6.07, 6.45) is 6.60. The lowest BCUT2D eigenvalue weighted by molar-refractivity contribution is 0.431. The molecule has 1 aliphatic rings. The van der Waals surface area contributed by atoms with Crippen molar-refractivity contribution in [3.8, 4) is 0 Å². The lowest BCUT2D eigenvalue weighted by Gasteiger charge is -2.31. The van der Waals surface area contributed by atoms with E-state index in [2.05, 4.69) is 65.8 Å². The second-order valence-electron chi connectivity index (χ2n) is 8.11. The quantitative estimate of drug-likeness (QED) is 0.568. The SMILES string of the molecule is CCNC(=NCc1ncnn1C)NCC1(c2ccc(C(C)C)cc2)CCCC1. The first kappa shape index (κ1) is 20.4. The minimum atomic E-state index is 0.191. The van der Waals surface area contributed by atoms with Crippen molar-refractivity contribution in [1.29, 1.82) is 0 Å². The van der Waals surface area contributed by atoms with E-state index in [-0.39, 0.29) is 5.41 Å². The average molecular weight is 383 g/mol. The molecule has 1 saturated carbocycles. The number of benzene rings is 1. The number of nitrogens with zero attached hydrogens (tertiary/aromatic N) is 4. The third-order valence-electron chi connectivity index (χ3n) is 5.87. The molecule has 0 saturated heterocycles. The van der Waals surface area contributed by atoms with Crippen molar-refractivity contribution in [2.24, 2.45) is 12.0 Å². The molecule has 1 aromatic heterocycles. The van der Waals surface area contributed by atoms with Crippen molar-refractivity contribution in [3.05, 3.63) is 47.5 Å². The van der Waals surface area contributed by atoms with Crippen molar-refractivity contribution >= 4 is 5.96 Å². The van der Waals surface area contributed by atoms with Gasteiger partial charge in [0, 0.05) is 25.6 Å². The maximum absolute atomic E-state index is 4.71. The standard InChI is InChI=1S/C22H34N6/c1-5-23-21(24-14-20-26-16-27-28(20)4)25-15-22(12-6-7-13-22)19-10-8-18(9-11-19)17(2)3/h8-11,16-17H,5-7,12-15H2,1-4H3,(H2,23,24,25). The van der Waals surface area contributed by atoms with Crippen LogP contribution in [0, 0.1) is 0 Å². The highest BCUT2D eigenvalue weighted by Gasteiger charge is 2.35. The Balaban J connectivity index is 1.72. The van der Waals surface area contributed by atoms with Crippen molar-refractivity contribution in [3.63, 3.8) is 0 Å². The van der Waals surface area contributed by atoms with Crippen LogP contribution in [0.1, 0.15) is 69.3 Å². The van der Waals surface area contributed by atoms with Gasteiger partial charge in [-0.15, -0.1) is 0 Å². The summed E-state index contributed by atoms with van der Waals surface area (Å²) in [5.74, 6) is 2.27. The molecule has 1 aromatic carbocycles. The van der Waals surface area contributed by atoms with Crippen LogP contribution in [0.2, 0.25) is 0 Å². The Morgan fingerprint density at radius 3 is 2.46 bits per heavy atom. The predicted octanol–water partition coefficient (Wildman–Crippen LogP) is 3.51. The molecule has 2 N–H and O–H groups in total. The van der Waals surface area contributed by atoms with E-state index in [1.54, 1.807) is 11.0 Å². The van der Waals surface area contributed by atoms with E-state index in [9.17, 15) is 0 Å². The fraction of sp³-hybridized carbons (Fsp3) is 0.591. The zero-order valence-electron chi connectivity index (χ0n) is 17.7. The third-order valence-corrected chi connectivity index (χ3v) is 5.87. The predicted molar refractivity (Wildman–Crippen MR) is 114 cm³/mol. The molecule has 1 heterocycles. The second-order valence-corrected chi connectivity index (χ2v) is 8.11. The van der Waals surface area contributed by atoms with Crippen LogP contribution in [0.5, 0.6) is 0 Å². The number of hydrogen-bond acceptors (Lipinski definition) is 3. The van der Waals surface area contributed by atoms with Gasteiger partial charge in [-0.2, -0.15) is 5.10 Å². The molecular formula is C22H34N6. The van der Waals surface area contributed by atoms with Crippen LogP contribution < -0.4 is 10.6 Å². The lowest BCUT2D eigenvalue weighted by Crippen LogP contribution is -2.44. The summed E-state index contributed by atoms with van der Waals surface area (Å²) in [7, 11) is 1.90. The van der Waals surface area contributed by atoms with Gasteiger partial charge in [0.05, 0.1) is 0 Å². The van der Waals surface area contributed by atoms with Crippen molar-refractivity contribution < 1.29 is 0 Å². The third kappa shape index (κ3) is 4.72. The number of rotatable bonds is 7. The summed E-state index contributed by atoms with van der Waals surface area (Å²) in [6, 6.07) is 9.28. The molecule has 2 aromatic rings. The fourth-order valence-corrected chi connectivity index (χ4v) is 4.05. The van der Waals surface area contributed by atoms with E-state index < -0.39 is 0 Å². The van der Waals surface area contributed by atoms with Gasteiger partial charge in [-0.3, -0.25) is 4.68 Å². The number of nitrogens with one attached hydrogen (secondary N) is 2. The molecule has 6 heteroatoms. The lowest BCUT2D eigenvalue weighted by atomic mass is 9.78. The molecule has 0 atom stereocenters. The van der Waals surface area contributed by atoms with Crippen LogP contribution in [0.3, 0.4) is 0 Å². The molecule has 0 unspecified atom stereocenters. The maximum atomic E-state index is 4.71. The Kier molecular flexibility index (Phi) is 6.70. The molecule has 1 fully saturated rings. The van der Waals surface area contributed by atoms with E-state index in [1.807, 2.05) is 7.05 Å². The average Bonchev–Trinajstić information content (AvgIpc) is 3.34. The highest BCUT2D eigenvalue weighted by molar-refractivity contribution is 5.79. The first-order valence-electron chi connectivity index (χ1n) is 10.5. The summed E-state index contributed by atoms with van der Waals surface area (Å²) < 4.78 is 1.77. The highest BCUT2D eigenvalue weighted by atomic mass is 15.3. The van der Waals surface area contributed by atoms with Crippen molar-refractivity contribution in [2.75, 3.05) is 13.1 Å². The minimum Gasteiger partial charge on any atom is -0.357 e. The van der Waals surface area contributed by atoms with Crippen molar-refractivity contribution in [2.45, 2.75) is 64.3 Å². The van der Waals surface area contributed by atoms with E-state index in [1.165, 1.54) is 36.8 Å². The molecule has 6 nitrogen and oxygen atoms in total. The van der Waals surface area contributed by atoms with Crippen LogP contribution >= 0.6 is 0 Å². The van der Waals surface area contributed by atoms with Crippen LogP contribution in [0.25, 0.3) is 0 Å². The zero-order valence-corrected chi connectivity index (χ0v) is 17.7. The normalized spacial score (nSPS) is 16.5. The first-order valence-corrected chi connectivity index (χ1v) is 10.5. The summed E-state index contributed by atoms with van der Waals surface area (Å²) in [5, 5.41) is 11.1. The van der Waals surface area contributed by atoms with Gasteiger partial charge in [-0.05, 0) is 36.8 Å². The Bertz CT molecular complexity index is 769. The number of guanidine groups is 1. The van der Waals surface area contributed by atoms with Gasteiger partial charge in [0.25, 0.3) is 0 Å². The summed E-state index contributed by atoms with van der Waals surface area (Å²) in [6.45, 7) is 8.84. The molecule has 1 aliphatic carbocycles. The highest BCUT2D eigenvalue weighted by Crippen LogP contribution is 2.41. The number of aryl methyl sites for hydroxylation is 1. The number of aromatic nitrogens is 3. The zero-order chi connectivity index (χ0) is 20.0. The van der Waals surface area contributed by atoms with Gasteiger partial charge in [0.15, 0.2) is 5.96 Å². The Morgan fingerprint density at radius 1 is 1.18 bits per heavy atom. The molecule has 0 spiro atoms. The molecule has 0 amide bonds. The van der Waals surface area contributed by atoms with E-state index in [4.69, 9.17) is 4.99 Å². The van der Waals surface area contributed by atoms with E-state index in [0.717, 1.165) is 24.9 Å². The van der Waals surface area contributed by atoms with E-state index >= 15 is 0 Å². The molecule has 0 aliphatic heterocycles. The van der Waals surface area contributed by atoms with Crippen LogP contribution in [0.15, 0.2) is 35.6 Å². The molecule has 0 radical (unpaired) electrons. The minimum absolute atomic E-state index is 0.191. The number of aliphatic imine (C=N–C) groups is 1. The van der Waals surface area contributed by atoms with Gasteiger partial charge in [-0.1, -0.05) is 51.0 Å². The smallest absolute Gasteiger partial charge is 0.191 e. The Morgan fingerprint density at radius 2 is 1.89 bits per heavy atom. The topological polar surface area (TPSA) is 67.1 Å². The molecule has 28 heavy (non-hydrogen) atoms. The summed E-state index contributed by atoms with van der Waals surface area (Å²) in [4.78, 5) is 8.97. The van der Waals surface area contributed by atoms with Crippen LogP contribution in [-0.2, 0) is 19.0 Å². The van der Waals surface area contributed by atoms with Gasteiger partial charge >= 0.3 is 0 Å². The molecule has 152 valence electrons.